The molecule has 0 aromatic heterocycles. The molecule has 0 spiro atoms. The lowest BCUT2D eigenvalue weighted by Gasteiger charge is -2.30. The van der Waals surface area contributed by atoms with Gasteiger partial charge in [0.05, 0.1) is 29.7 Å². The molecule has 1 aliphatic heterocycles. The SMILES string of the molecule is CCOC(=O)C1=C(C)NC(CC(C)C)=C(C#N)C1c1ccc(C)cc1. The van der Waals surface area contributed by atoms with E-state index in [0.717, 1.165) is 28.9 Å². The number of aryl methyl sites for hydroxylation is 1. The van der Waals surface area contributed by atoms with Gasteiger partial charge in [0, 0.05) is 11.4 Å². The van der Waals surface area contributed by atoms with Gasteiger partial charge in [-0.2, -0.15) is 5.26 Å². The fraction of sp³-hybridized carbons (Fsp3) is 0.429. The summed E-state index contributed by atoms with van der Waals surface area (Å²) < 4.78 is 5.27. The second-order valence-corrected chi connectivity index (χ2v) is 6.83. The zero-order valence-corrected chi connectivity index (χ0v) is 15.6. The Labute approximate surface area is 150 Å². The van der Waals surface area contributed by atoms with Gasteiger partial charge in [0.25, 0.3) is 0 Å². The lowest BCUT2D eigenvalue weighted by molar-refractivity contribution is -0.138. The van der Waals surface area contributed by atoms with Crippen molar-refractivity contribution in [1.29, 1.82) is 5.26 Å². The first-order valence-corrected chi connectivity index (χ1v) is 8.73. The smallest absolute Gasteiger partial charge is 0.336 e. The maximum atomic E-state index is 12.6. The molecule has 1 unspecified atom stereocenters. The summed E-state index contributed by atoms with van der Waals surface area (Å²) in [4.78, 5) is 12.6. The van der Waals surface area contributed by atoms with E-state index in [9.17, 15) is 10.1 Å². The molecule has 0 bridgehead atoms. The first-order valence-electron chi connectivity index (χ1n) is 8.73. The van der Waals surface area contributed by atoms with Crippen LogP contribution >= 0.6 is 0 Å². The quantitative estimate of drug-likeness (QED) is 0.811. The van der Waals surface area contributed by atoms with Gasteiger partial charge in [-0.3, -0.25) is 0 Å². The topological polar surface area (TPSA) is 62.1 Å². The van der Waals surface area contributed by atoms with E-state index in [-0.39, 0.29) is 11.9 Å². The fourth-order valence-corrected chi connectivity index (χ4v) is 3.17. The number of nitrogens with one attached hydrogen (secondary N) is 1. The molecule has 1 atom stereocenters. The van der Waals surface area contributed by atoms with E-state index in [1.54, 1.807) is 6.92 Å². The maximum absolute atomic E-state index is 12.6. The van der Waals surface area contributed by atoms with E-state index in [1.165, 1.54) is 0 Å². The van der Waals surface area contributed by atoms with Gasteiger partial charge in [-0.1, -0.05) is 43.7 Å². The number of carbonyl (C=O) groups is 1. The zero-order chi connectivity index (χ0) is 18.6. The van der Waals surface area contributed by atoms with E-state index >= 15 is 0 Å². The van der Waals surface area contributed by atoms with Crippen LogP contribution in [0, 0.1) is 24.2 Å². The monoisotopic (exact) mass is 338 g/mol. The molecule has 4 nitrogen and oxygen atoms in total. The predicted molar refractivity (Wildman–Crippen MR) is 98.5 cm³/mol. The molecule has 132 valence electrons. The lowest BCUT2D eigenvalue weighted by atomic mass is 9.79. The summed E-state index contributed by atoms with van der Waals surface area (Å²) in [6.45, 7) is 10.2. The van der Waals surface area contributed by atoms with Crippen LogP contribution in [0.2, 0.25) is 0 Å². The highest BCUT2D eigenvalue weighted by atomic mass is 16.5. The van der Waals surface area contributed by atoms with Gasteiger partial charge >= 0.3 is 5.97 Å². The Balaban J connectivity index is 2.61. The van der Waals surface area contributed by atoms with Crippen LogP contribution in [-0.4, -0.2) is 12.6 Å². The second kappa shape index (κ2) is 8.02. The van der Waals surface area contributed by atoms with Gasteiger partial charge in [0.2, 0.25) is 0 Å². The van der Waals surface area contributed by atoms with E-state index in [4.69, 9.17) is 4.74 Å². The Morgan fingerprint density at radius 1 is 1.28 bits per heavy atom. The van der Waals surface area contributed by atoms with Crippen LogP contribution in [0.5, 0.6) is 0 Å². The number of allylic oxidation sites excluding steroid dienone is 3. The Morgan fingerprint density at radius 3 is 2.44 bits per heavy atom. The van der Waals surface area contributed by atoms with E-state index in [2.05, 4.69) is 25.2 Å². The summed E-state index contributed by atoms with van der Waals surface area (Å²) in [5.74, 6) is -0.351. The molecule has 1 N–H and O–H groups in total. The first kappa shape index (κ1) is 18.8. The van der Waals surface area contributed by atoms with Crippen molar-refractivity contribution in [3.8, 4) is 6.07 Å². The van der Waals surface area contributed by atoms with Crippen LogP contribution in [0.25, 0.3) is 0 Å². The number of benzene rings is 1. The van der Waals surface area contributed by atoms with Crippen molar-refractivity contribution in [2.75, 3.05) is 6.61 Å². The molecular formula is C21H26N2O2. The molecule has 1 aromatic carbocycles. The molecule has 0 saturated carbocycles. The summed E-state index contributed by atoms with van der Waals surface area (Å²) in [6.07, 6.45) is 0.763. The van der Waals surface area contributed by atoms with Gasteiger partial charge in [-0.05, 0) is 38.7 Å². The van der Waals surface area contributed by atoms with E-state index in [0.29, 0.717) is 23.7 Å². The van der Waals surface area contributed by atoms with Crippen molar-refractivity contribution in [3.05, 3.63) is 57.9 Å². The number of hydrogen-bond acceptors (Lipinski definition) is 4. The number of carbonyl (C=O) groups excluding carboxylic acids is 1. The molecule has 4 heteroatoms. The normalized spacial score (nSPS) is 17.4. The van der Waals surface area contributed by atoms with Crippen LogP contribution < -0.4 is 5.32 Å². The third kappa shape index (κ3) is 4.11. The average Bonchev–Trinajstić information content (AvgIpc) is 2.54. The van der Waals surface area contributed by atoms with Crippen molar-refractivity contribution < 1.29 is 9.53 Å². The van der Waals surface area contributed by atoms with Gasteiger partial charge in [0.1, 0.15) is 0 Å². The van der Waals surface area contributed by atoms with Crippen LogP contribution in [0.4, 0.5) is 0 Å². The first-order chi connectivity index (χ1) is 11.9. The molecule has 0 radical (unpaired) electrons. The molecule has 1 aliphatic rings. The van der Waals surface area contributed by atoms with Gasteiger partial charge in [-0.15, -0.1) is 0 Å². The largest absolute Gasteiger partial charge is 0.463 e. The molecule has 25 heavy (non-hydrogen) atoms. The molecular weight excluding hydrogens is 312 g/mol. The Hall–Kier alpha value is -2.54. The summed E-state index contributed by atoms with van der Waals surface area (Å²) >= 11 is 0. The van der Waals surface area contributed by atoms with Crippen molar-refractivity contribution in [2.45, 2.75) is 47.0 Å². The molecule has 0 aliphatic carbocycles. The standard InChI is InChI=1S/C21H26N2O2/c1-6-25-21(24)19-15(5)23-18(11-13(2)3)17(12-22)20(19)16-9-7-14(4)8-10-16/h7-10,13,20,23H,6,11H2,1-5H3. The minimum atomic E-state index is -0.389. The molecule has 0 saturated heterocycles. The highest BCUT2D eigenvalue weighted by molar-refractivity contribution is 5.93. The van der Waals surface area contributed by atoms with Crippen LogP contribution in [-0.2, 0) is 9.53 Å². The van der Waals surface area contributed by atoms with Crippen LogP contribution in [0.15, 0.2) is 46.8 Å². The van der Waals surface area contributed by atoms with E-state index < -0.39 is 0 Å². The lowest BCUT2D eigenvalue weighted by Crippen LogP contribution is -2.30. The summed E-state index contributed by atoms with van der Waals surface area (Å²) in [6, 6.07) is 10.3. The van der Waals surface area contributed by atoms with Crippen molar-refractivity contribution >= 4 is 5.97 Å². The summed E-state index contributed by atoms with van der Waals surface area (Å²) in [5, 5.41) is 13.1. The van der Waals surface area contributed by atoms with Gasteiger partial charge in [-0.25, -0.2) is 4.79 Å². The van der Waals surface area contributed by atoms with Crippen molar-refractivity contribution in [1.82, 2.24) is 5.32 Å². The molecule has 1 aromatic rings. The number of nitriles is 1. The summed E-state index contributed by atoms with van der Waals surface area (Å²) in [5.41, 5.74) is 4.86. The maximum Gasteiger partial charge on any atom is 0.336 e. The van der Waals surface area contributed by atoms with Crippen LogP contribution in [0.1, 0.15) is 51.2 Å². The third-order valence-corrected chi connectivity index (χ3v) is 4.28. The number of rotatable bonds is 5. The van der Waals surface area contributed by atoms with E-state index in [1.807, 2.05) is 38.1 Å². The molecule has 0 amide bonds. The third-order valence-electron chi connectivity index (χ3n) is 4.28. The van der Waals surface area contributed by atoms with Crippen molar-refractivity contribution in [3.63, 3.8) is 0 Å². The number of esters is 1. The van der Waals surface area contributed by atoms with Gasteiger partial charge < -0.3 is 10.1 Å². The Bertz CT molecular complexity index is 749. The van der Waals surface area contributed by atoms with Gasteiger partial charge in [0.15, 0.2) is 0 Å². The van der Waals surface area contributed by atoms with Crippen molar-refractivity contribution in [2.24, 2.45) is 5.92 Å². The summed E-state index contributed by atoms with van der Waals surface area (Å²) in [7, 11) is 0. The Morgan fingerprint density at radius 2 is 1.92 bits per heavy atom. The van der Waals surface area contributed by atoms with Crippen LogP contribution in [0.3, 0.4) is 0 Å². The average molecular weight is 338 g/mol. The number of nitrogens with zero attached hydrogens (tertiary/aromatic N) is 1. The minimum Gasteiger partial charge on any atom is -0.463 e. The molecule has 1 heterocycles. The number of hydrogen-bond donors (Lipinski definition) is 1. The zero-order valence-electron chi connectivity index (χ0n) is 15.6. The highest BCUT2D eigenvalue weighted by Crippen LogP contribution is 2.39. The number of dihydropyridines is 1. The highest BCUT2D eigenvalue weighted by Gasteiger charge is 2.35. The molecule has 2 rings (SSSR count). The second-order valence-electron chi connectivity index (χ2n) is 6.83. The Kier molecular flexibility index (Phi) is 6.03. The number of ether oxygens (including phenoxy) is 1. The molecule has 0 fully saturated rings. The minimum absolute atomic E-state index is 0.306. The predicted octanol–water partition coefficient (Wildman–Crippen LogP) is 4.34. The fourth-order valence-electron chi connectivity index (χ4n) is 3.17.